The van der Waals surface area contributed by atoms with Crippen molar-refractivity contribution in [2.45, 2.75) is 0 Å². The minimum Gasteiger partial charge on any atom is -0.497 e. The molecule has 0 unspecified atom stereocenters. The summed E-state index contributed by atoms with van der Waals surface area (Å²) < 4.78 is 33.6. The Labute approximate surface area is 118 Å². The molecule has 102 valence electrons. The maximum Gasteiger partial charge on any atom is 0.182 e. The highest BCUT2D eigenvalue weighted by molar-refractivity contribution is 7.71. The van der Waals surface area contributed by atoms with Gasteiger partial charge in [-0.3, -0.25) is 4.57 Å². The third-order valence-corrected chi connectivity index (χ3v) is 3.34. The topological polar surface area (TPSA) is 29.9 Å². The van der Waals surface area contributed by atoms with E-state index in [-0.39, 0.29) is 0 Å². The van der Waals surface area contributed by atoms with Crippen LogP contribution in [0.15, 0.2) is 36.4 Å². The number of aromatic amines is 1. The summed E-state index contributed by atoms with van der Waals surface area (Å²) in [6.07, 6.45) is 0. The van der Waals surface area contributed by atoms with Gasteiger partial charge in [-0.05, 0) is 36.5 Å². The predicted molar refractivity (Wildman–Crippen MR) is 74.9 cm³/mol. The molecule has 0 radical (unpaired) electrons. The molecule has 0 fully saturated rings. The van der Waals surface area contributed by atoms with Crippen molar-refractivity contribution in [3.63, 3.8) is 0 Å². The standard InChI is InChI=1S/C14H10F2N2OS/c1-19-9-3-5-12-13(7-9)18(14(20)17-12)8-2-4-10(15)11(16)6-8/h2-7H,1H3,(H,17,20). The molecule has 3 nitrogen and oxygen atoms in total. The number of fused-ring (bicyclic) bond motifs is 1. The molecule has 0 saturated carbocycles. The van der Waals surface area contributed by atoms with Crippen molar-refractivity contribution in [3.8, 4) is 11.4 Å². The summed E-state index contributed by atoms with van der Waals surface area (Å²) in [7, 11) is 1.56. The number of imidazole rings is 1. The molecule has 0 bridgehead atoms. The van der Waals surface area contributed by atoms with E-state index in [4.69, 9.17) is 17.0 Å². The Morgan fingerprint density at radius 1 is 1.10 bits per heavy atom. The van der Waals surface area contributed by atoms with Crippen LogP contribution in [0.4, 0.5) is 8.78 Å². The van der Waals surface area contributed by atoms with Crippen LogP contribution in [0.3, 0.4) is 0 Å². The molecule has 1 aromatic heterocycles. The summed E-state index contributed by atoms with van der Waals surface area (Å²) in [5.41, 5.74) is 1.98. The lowest BCUT2D eigenvalue weighted by Gasteiger charge is -2.06. The molecular formula is C14H10F2N2OS. The molecule has 2 aromatic carbocycles. The Morgan fingerprint density at radius 2 is 1.90 bits per heavy atom. The van der Waals surface area contributed by atoms with E-state index < -0.39 is 11.6 Å². The third-order valence-electron chi connectivity index (χ3n) is 3.05. The first kappa shape index (κ1) is 12.8. The Hall–Kier alpha value is -2.21. The number of halogens is 2. The maximum absolute atomic E-state index is 13.4. The lowest BCUT2D eigenvalue weighted by molar-refractivity contribution is 0.415. The zero-order chi connectivity index (χ0) is 14.3. The van der Waals surface area contributed by atoms with E-state index in [9.17, 15) is 8.78 Å². The van der Waals surface area contributed by atoms with Crippen molar-refractivity contribution in [1.82, 2.24) is 9.55 Å². The van der Waals surface area contributed by atoms with Gasteiger partial charge >= 0.3 is 0 Å². The van der Waals surface area contributed by atoms with Crippen molar-refractivity contribution >= 4 is 23.3 Å². The monoisotopic (exact) mass is 292 g/mol. The molecule has 20 heavy (non-hydrogen) atoms. The fourth-order valence-electron chi connectivity index (χ4n) is 2.09. The summed E-state index contributed by atoms with van der Waals surface area (Å²) in [6, 6.07) is 9.05. The molecule has 3 aromatic rings. The van der Waals surface area contributed by atoms with Crippen molar-refractivity contribution in [2.24, 2.45) is 0 Å². The van der Waals surface area contributed by atoms with E-state index in [0.29, 0.717) is 16.2 Å². The van der Waals surface area contributed by atoms with Crippen LogP contribution in [0.25, 0.3) is 16.7 Å². The maximum atomic E-state index is 13.4. The highest BCUT2D eigenvalue weighted by Crippen LogP contribution is 2.24. The molecule has 0 aliphatic rings. The Morgan fingerprint density at radius 3 is 2.60 bits per heavy atom. The molecule has 6 heteroatoms. The van der Waals surface area contributed by atoms with Gasteiger partial charge in [-0.1, -0.05) is 0 Å². The van der Waals surface area contributed by atoms with E-state index in [1.807, 2.05) is 6.07 Å². The second kappa shape index (κ2) is 4.72. The van der Waals surface area contributed by atoms with Crippen LogP contribution >= 0.6 is 12.2 Å². The summed E-state index contributed by atoms with van der Waals surface area (Å²) in [5, 5.41) is 0. The fraction of sp³-hybridized carbons (Fsp3) is 0.0714. The molecule has 0 amide bonds. The Balaban J connectivity index is 2.31. The minimum atomic E-state index is -0.915. The van der Waals surface area contributed by atoms with E-state index in [1.165, 1.54) is 6.07 Å². The summed E-state index contributed by atoms with van der Waals surface area (Å²) >= 11 is 5.24. The van der Waals surface area contributed by atoms with Crippen LogP contribution in [0.2, 0.25) is 0 Å². The number of methoxy groups -OCH3 is 1. The van der Waals surface area contributed by atoms with Gasteiger partial charge in [0, 0.05) is 12.1 Å². The van der Waals surface area contributed by atoms with Gasteiger partial charge in [-0.15, -0.1) is 0 Å². The van der Waals surface area contributed by atoms with Gasteiger partial charge in [0.1, 0.15) is 5.75 Å². The predicted octanol–water partition coefficient (Wildman–Crippen LogP) is 3.97. The molecule has 0 saturated heterocycles. The van der Waals surface area contributed by atoms with Crippen molar-refractivity contribution in [1.29, 1.82) is 0 Å². The number of aromatic nitrogens is 2. The number of nitrogens with one attached hydrogen (secondary N) is 1. The van der Waals surface area contributed by atoms with Gasteiger partial charge in [0.2, 0.25) is 0 Å². The number of nitrogens with zero attached hydrogens (tertiary/aromatic N) is 1. The molecule has 0 atom stereocenters. The smallest absolute Gasteiger partial charge is 0.182 e. The quantitative estimate of drug-likeness (QED) is 0.724. The van der Waals surface area contributed by atoms with E-state index in [0.717, 1.165) is 23.2 Å². The second-order valence-electron chi connectivity index (χ2n) is 4.25. The van der Waals surface area contributed by atoms with Gasteiger partial charge < -0.3 is 9.72 Å². The van der Waals surface area contributed by atoms with Crippen molar-refractivity contribution in [2.75, 3.05) is 7.11 Å². The first-order chi connectivity index (χ1) is 9.60. The SMILES string of the molecule is COc1ccc2[nH]c(=S)n(-c3ccc(F)c(F)c3)c2c1. The lowest BCUT2D eigenvalue weighted by atomic mass is 10.2. The zero-order valence-electron chi connectivity index (χ0n) is 10.5. The highest BCUT2D eigenvalue weighted by Gasteiger charge is 2.10. The van der Waals surface area contributed by atoms with Crippen LogP contribution in [0.5, 0.6) is 5.75 Å². The number of H-pyrrole nitrogens is 1. The molecular weight excluding hydrogens is 282 g/mol. The molecule has 0 spiro atoms. The van der Waals surface area contributed by atoms with Gasteiger partial charge in [0.25, 0.3) is 0 Å². The van der Waals surface area contributed by atoms with E-state index in [1.54, 1.807) is 23.8 Å². The van der Waals surface area contributed by atoms with Gasteiger partial charge in [-0.25, -0.2) is 8.78 Å². The molecule has 3 rings (SSSR count). The van der Waals surface area contributed by atoms with Crippen LogP contribution in [-0.2, 0) is 0 Å². The van der Waals surface area contributed by atoms with Crippen LogP contribution in [-0.4, -0.2) is 16.7 Å². The lowest BCUT2D eigenvalue weighted by Crippen LogP contribution is -1.96. The second-order valence-corrected chi connectivity index (χ2v) is 4.63. The molecule has 0 aliphatic carbocycles. The average molecular weight is 292 g/mol. The fourth-order valence-corrected chi connectivity index (χ4v) is 2.40. The molecule has 1 heterocycles. The van der Waals surface area contributed by atoms with Gasteiger partial charge in [-0.2, -0.15) is 0 Å². The van der Waals surface area contributed by atoms with Gasteiger partial charge in [0.15, 0.2) is 16.4 Å². The number of rotatable bonds is 2. The summed E-state index contributed by atoms with van der Waals surface area (Å²) in [6.45, 7) is 0. The van der Waals surface area contributed by atoms with E-state index in [2.05, 4.69) is 4.98 Å². The number of benzene rings is 2. The Kier molecular flexibility index (Phi) is 3.02. The Bertz CT molecular complexity index is 854. The van der Waals surface area contributed by atoms with Crippen molar-refractivity contribution in [3.05, 3.63) is 52.8 Å². The molecule has 0 aliphatic heterocycles. The average Bonchev–Trinajstić information content (AvgIpc) is 2.77. The largest absolute Gasteiger partial charge is 0.497 e. The van der Waals surface area contributed by atoms with Crippen LogP contribution in [0.1, 0.15) is 0 Å². The minimum absolute atomic E-state index is 0.402. The summed E-state index contributed by atoms with van der Waals surface area (Å²) in [5.74, 6) is -1.15. The van der Waals surface area contributed by atoms with Crippen molar-refractivity contribution < 1.29 is 13.5 Å². The number of hydrogen-bond donors (Lipinski definition) is 1. The molecule has 1 N–H and O–H groups in total. The van der Waals surface area contributed by atoms with Crippen LogP contribution < -0.4 is 4.74 Å². The first-order valence-electron chi connectivity index (χ1n) is 5.84. The third kappa shape index (κ3) is 1.98. The van der Waals surface area contributed by atoms with Crippen LogP contribution in [0, 0.1) is 16.4 Å². The summed E-state index contributed by atoms with van der Waals surface area (Å²) in [4.78, 5) is 3.02. The van der Waals surface area contributed by atoms with E-state index >= 15 is 0 Å². The zero-order valence-corrected chi connectivity index (χ0v) is 11.3. The number of hydrogen-bond acceptors (Lipinski definition) is 2. The number of ether oxygens (including phenoxy) is 1. The highest BCUT2D eigenvalue weighted by atomic mass is 32.1. The first-order valence-corrected chi connectivity index (χ1v) is 6.25. The normalized spacial score (nSPS) is 10.9. The van der Waals surface area contributed by atoms with Gasteiger partial charge in [0.05, 0.1) is 23.8 Å².